The van der Waals surface area contributed by atoms with Gasteiger partial charge in [0.2, 0.25) is 0 Å². The summed E-state index contributed by atoms with van der Waals surface area (Å²) in [5.74, 6) is -0.248. The molecule has 5 rings (SSSR count). The third-order valence-electron chi connectivity index (χ3n) is 7.06. The van der Waals surface area contributed by atoms with E-state index in [4.69, 9.17) is 4.74 Å². The van der Waals surface area contributed by atoms with Crippen LogP contribution in [0.4, 0.5) is 8.78 Å². The molecule has 1 N–H and O–H groups in total. The summed E-state index contributed by atoms with van der Waals surface area (Å²) >= 11 is 0. The standard InChI is InChI=1S/C24H26F2N2O/c1-28(2)24(16-6-4-3-5-7-16)12-11-23(15-21(24)26)22-18(10-13-29-23)19-14-17(25)8-9-20(19)27-22/h3-9,14,21,27H,10-13,15H2,1-2H3. The van der Waals surface area contributed by atoms with Crippen LogP contribution in [-0.2, 0) is 22.3 Å². The van der Waals surface area contributed by atoms with Crippen molar-refractivity contribution in [2.45, 2.75) is 43.0 Å². The van der Waals surface area contributed by atoms with Gasteiger partial charge in [0.25, 0.3) is 0 Å². The number of hydrogen-bond acceptors (Lipinski definition) is 2. The van der Waals surface area contributed by atoms with Gasteiger partial charge in [-0.05, 0) is 62.7 Å². The van der Waals surface area contributed by atoms with Crippen molar-refractivity contribution < 1.29 is 13.5 Å². The maximum absolute atomic E-state index is 16.1. The van der Waals surface area contributed by atoms with Crippen molar-refractivity contribution in [3.63, 3.8) is 0 Å². The Morgan fingerprint density at radius 2 is 1.90 bits per heavy atom. The summed E-state index contributed by atoms with van der Waals surface area (Å²) in [7, 11) is 3.91. The van der Waals surface area contributed by atoms with E-state index in [0.717, 1.165) is 34.1 Å². The second kappa shape index (κ2) is 6.64. The van der Waals surface area contributed by atoms with E-state index >= 15 is 4.39 Å². The molecule has 0 amide bonds. The van der Waals surface area contributed by atoms with Gasteiger partial charge in [0.1, 0.15) is 17.6 Å². The Balaban J connectivity index is 1.58. The third kappa shape index (κ3) is 2.67. The Hall–Kier alpha value is -2.24. The van der Waals surface area contributed by atoms with Crippen LogP contribution >= 0.6 is 0 Å². The van der Waals surface area contributed by atoms with Crippen LogP contribution in [0.25, 0.3) is 10.9 Å². The maximum Gasteiger partial charge on any atom is 0.126 e. The van der Waals surface area contributed by atoms with Crippen LogP contribution in [0.1, 0.15) is 36.1 Å². The Labute approximate surface area is 169 Å². The van der Waals surface area contributed by atoms with Crippen LogP contribution in [0.15, 0.2) is 48.5 Å². The molecule has 0 saturated heterocycles. The molecule has 1 aromatic heterocycles. The highest BCUT2D eigenvalue weighted by atomic mass is 19.1. The maximum atomic E-state index is 16.1. The fraction of sp³-hybridized carbons (Fsp3) is 0.417. The molecule has 29 heavy (non-hydrogen) atoms. The molecule has 1 aliphatic heterocycles. The monoisotopic (exact) mass is 396 g/mol. The van der Waals surface area contributed by atoms with Gasteiger partial charge in [-0.2, -0.15) is 0 Å². The third-order valence-corrected chi connectivity index (χ3v) is 7.06. The topological polar surface area (TPSA) is 28.3 Å². The van der Waals surface area contributed by atoms with Gasteiger partial charge in [0.15, 0.2) is 0 Å². The molecular weight excluding hydrogens is 370 g/mol. The van der Waals surface area contributed by atoms with Gasteiger partial charge in [-0.3, -0.25) is 4.90 Å². The van der Waals surface area contributed by atoms with Gasteiger partial charge in [-0.15, -0.1) is 0 Å². The summed E-state index contributed by atoms with van der Waals surface area (Å²) in [5.41, 5.74) is 2.55. The molecule has 2 heterocycles. The number of rotatable bonds is 2. The molecule has 1 saturated carbocycles. The first-order chi connectivity index (χ1) is 14.0. The van der Waals surface area contributed by atoms with E-state index in [1.54, 1.807) is 12.1 Å². The molecule has 1 spiro atoms. The summed E-state index contributed by atoms with van der Waals surface area (Å²) in [6, 6.07) is 14.7. The van der Waals surface area contributed by atoms with Gasteiger partial charge < -0.3 is 9.72 Å². The second-order valence-corrected chi connectivity index (χ2v) is 8.62. The Morgan fingerprint density at radius 1 is 1.10 bits per heavy atom. The second-order valence-electron chi connectivity index (χ2n) is 8.62. The molecule has 0 radical (unpaired) electrons. The first-order valence-electron chi connectivity index (χ1n) is 10.3. The number of H-pyrrole nitrogens is 1. The largest absolute Gasteiger partial charge is 0.368 e. The molecule has 1 aliphatic carbocycles. The highest BCUT2D eigenvalue weighted by Gasteiger charge is 2.55. The smallest absolute Gasteiger partial charge is 0.126 e. The first-order valence-corrected chi connectivity index (χ1v) is 10.3. The van der Waals surface area contributed by atoms with Crippen LogP contribution in [-0.4, -0.2) is 36.8 Å². The van der Waals surface area contributed by atoms with Crippen molar-refractivity contribution in [3.8, 4) is 0 Å². The summed E-state index contributed by atoms with van der Waals surface area (Å²) in [6.07, 6.45) is 1.26. The summed E-state index contributed by atoms with van der Waals surface area (Å²) < 4.78 is 36.2. The van der Waals surface area contributed by atoms with Crippen molar-refractivity contribution in [1.82, 2.24) is 9.88 Å². The number of fused-ring (bicyclic) bond motifs is 4. The van der Waals surface area contributed by atoms with Gasteiger partial charge in [-0.1, -0.05) is 30.3 Å². The predicted octanol–water partition coefficient (Wildman–Crippen LogP) is 5.05. The van der Waals surface area contributed by atoms with E-state index in [2.05, 4.69) is 4.98 Å². The average molecular weight is 396 g/mol. The van der Waals surface area contributed by atoms with Gasteiger partial charge >= 0.3 is 0 Å². The molecule has 3 unspecified atom stereocenters. The van der Waals surface area contributed by atoms with Gasteiger partial charge in [-0.25, -0.2) is 8.78 Å². The molecular formula is C24H26F2N2O. The van der Waals surface area contributed by atoms with E-state index in [0.29, 0.717) is 19.4 Å². The summed E-state index contributed by atoms with van der Waals surface area (Å²) in [4.78, 5) is 5.47. The predicted molar refractivity (Wildman–Crippen MR) is 110 cm³/mol. The number of halogens is 2. The van der Waals surface area contributed by atoms with Gasteiger partial charge in [0.05, 0.1) is 17.8 Å². The van der Waals surface area contributed by atoms with Crippen molar-refractivity contribution >= 4 is 10.9 Å². The molecule has 1 fully saturated rings. The number of nitrogens with one attached hydrogen (secondary N) is 1. The lowest BCUT2D eigenvalue weighted by Crippen LogP contribution is -2.56. The molecule has 0 bridgehead atoms. The zero-order valence-corrected chi connectivity index (χ0v) is 16.8. The van der Waals surface area contributed by atoms with Gasteiger partial charge in [0, 0.05) is 17.3 Å². The highest BCUT2D eigenvalue weighted by molar-refractivity contribution is 5.85. The normalized spacial score (nSPS) is 29.5. The van der Waals surface area contributed by atoms with Crippen molar-refractivity contribution in [1.29, 1.82) is 0 Å². The number of nitrogens with zero attached hydrogens (tertiary/aromatic N) is 1. The lowest BCUT2D eigenvalue weighted by atomic mass is 9.66. The minimum absolute atomic E-state index is 0.248. The quantitative estimate of drug-likeness (QED) is 0.656. The number of aromatic amines is 1. The molecule has 3 aromatic rings. The van der Waals surface area contributed by atoms with Crippen molar-refractivity contribution in [2.75, 3.05) is 20.7 Å². The minimum atomic E-state index is -1.09. The Morgan fingerprint density at radius 3 is 2.62 bits per heavy atom. The van der Waals surface area contributed by atoms with Crippen LogP contribution < -0.4 is 0 Å². The molecule has 3 nitrogen and oxygen atoms in total. The zero-order valence-electron chi connectivity index (χ0n) is 16.8. The van der Waals surface area contributed by atoms with E-state index in [9.17, 15) is 4.39 Å². The summed E-state index contributed by atoms with van der Waals surface area (Å²) in [6.45, 7) is 0.531. The molecule has 2 aliphatic rings. The van der Waals surface area contributed by atoms with E-state index in [-0.39, 0.29) is 12.2 Å². The summed E-state index contributed by atoms with van der Waals surface area (Å²) in [5, 5.41) is 0.894. The fourth-order valence-corrected chi connectivity index (χ4v) is 5.57. The fourth-order valence-electron chi connectivity index (χ4n) is 5.57. The SMILES string of the molecule is CN(C)C1(c2ccccc2)CCC2(CC1F)OCCc1c2[nH]c2ccc(F)cc12. The molecule has 5 heteroatoms. The minimum Gasteiger partial charge on any atom is -0.368 e. The zero-order chi connectivity index (χ0) is 20.2. The molecule has 3 atom stereocenters. The van der Waals surface area contributed by atoms with Crippen LogP contribution in [0.2, 0.25) is 0 Å². The number of ether oxygens (including phenoxy) is 1. The number of aromatic nitrogens is 1. The highest BCUT2D eigenvalue weighted by Crippen LogP contribution is 2.53. The Kier molecular flexibility index (Phi) is 4.30. The number of benzene rings is 2. The molecule has 152 valence electrons. The van der Waals surface area contributed by atoms with E-state index < -0.39 is 17.3 Å². The van der Waals surface area contributed by atoms with Crippen molar-refractivity contribution in [2.24, 2.45) is 0 Å². The van der Waals surface area contributed by atoms with Crippen LogP contribution in [0.3, 0.4) is 0 Å². The first kappa shape index (κ1) is 18.8. The van der Waals surface area contributed by atoms with E-state index in [1.807, 2.05) is 49.3 Å². The number of hydrogen-bond donors (Lipinski definition) is 1. The molecule has 2 aromatic carbocycles. The van der Waals surface area contributed by atoms with Crippen molar-refractivity contribution in [3.05, 3.63) is 71.2 Å². The Bertz CT molecular complexity index is 1050. The van der Waals surface area contributed by atoms with E-state index in [1.165, 1.54) is 6.07 Å². The lowest BCUT2D eigenvalue weighted by molar-refractivity contribution is -0.142. The van der Waals surface area contributed by atoms with Crippen LogP contribution in [0, 0.1) is 5.82 Å². The average Bonchev–Trinajstić information content (AvgIpc) is 3.08. The van der Waals surface area contributed by atoms with Crippen LogP contribution in [0.5, 0.6) is 0 Å². The lowest BCUT2D eigenvalue weighted by Gasteiger charge is -2.52. The number of alkyl halides is 1.